The molecule has 2 aromatic carbocycles. The van der Waals surface area contributed by atoms with Crippen LogP contribution in [-0.2, 0) is 20.8 Å². The number of carbonyl (C=O) groups excluding carboxylic acids is 1. The predicted octanol–water partition coefficient (Wildman–Crippen LogP) is 5.18. The van der Waals surface area contributed by atoms with Gasteiger partial charge >= 0.3 is 12.8 Å². The second-order valence-electron chi connectivity index (χ2n) is 10.5. The van der Waals surface area contributed by atoms with Crippen molar-refractivity contribution in [2.75, 3.05) is 30.4 Å². The van der Waals surface area contributed by atoms with Crippen LogP contribution < -0.4 is 15.0 Å². The van der Waals surface area contributed by atoms with E-state index in [9.17, 15) is 40.3 Å². The molecule has 1 fully saturated rings. The van der Waals surface area contributed by atoms with Gasteiger partial charge in [-0.15, -0.1) is 0 Å². The number of nitrogens with one attached hydrogen (secondary N) is 1. The first-order chi connectivity index (χ1) is 21.7. The molecule has 0 saturated carbocycles. The number of halogens is 5. The monoisotopic (exact) mass is 669 g/mol. The number of aliphatic hydroxyl groups excluding tert-OH is 1. The molecule has 1 unspecified atom stereocenters. The number of aliphatic hydroxyl groups is 1. The summed E-state index contributed by atoms with van der Waals surface area (Å²) in [7, 11) is -3.42. The number of nitrogens with zero attached hydrogens (tertiary/aromatic N) is 2. The van der Waals surface area contributed by atoms with Crippen LogP contribution in [-0.4, -0.2) is 68.7 Å². The van der Waals surface area contributed by atoms with Gasteiger partial charge in [-0.2, -0.15) is 22.0 Å². The standard InChI is InChI=1S/C31H32F5N3O6S/c1-3-46(42,43)25-11-4-20(5-12-25)26(17-40)38-29(41)21-6-13-28(37-15-21)39-16-24(14-27(39)19(2)18-44-30(32)33)45-23-9-7-22(8-10-23)31(34,35)36/h4-13,15,24,26-27,30,40H,2-3,14,16-18H2,1H3,(H,38,41)/t24?,26-,27-/m0/s1. The molecule has 9 nitrogen and oxygen atoms in total. The Hall–Kier alpha value is -4.08. The molecule has 1 aliphatic heterocycles. The van der Waals surface area contributed by atoms with Crippen molar-refractivity contribution in [3.8, 4) is 5.75 Å². The van der Waals surface area contributed by atoms with E-state index in [1.165, 1.54) is 61.7 Å². The third-order valence-electron chi connectivity index (χ3n) is 7.43. The average molecular weight is 670 g/mol. The van der Waals surface area contributed by atoms with Crippen LogP contribution in [0.2, 0.25) is 0 Å². The summed E-state index contributed by atoms with van der Waals surface area (Å²) in [6.07, 6.45) is -3.55. The molecule has 0 radical (unpaired) electrons. The van der Waals surface area contributed by atoms with Gasteiger partial charge < -0.3 is 24.8 Å². The summed E-state index contributed by atoms with van der Waals surface area (Å²) in [5, 5.41) is 12.6. The first-order valence-corrected chi connectivity index (χ1v) is 15.8. The van der Waals surface area contributed by atoms with Crippen LogP contribution in [0, 0.1) is 0 Å². The fourth-order valence-corrected chi connectivity index (χ4v) is 5.83. The Morgan fingerprint density at radius 1 is 1.11 bits per heavy atom. The van der Waals surface area contributed by atoms with Crippen molar-refractivity contribution in [3.05, 3.63) is 95.7 Å². The first-order valence-electron chi connectivity index (χ1n) is 14.1. The lowest BCUT2D eigenvalue weighted by atomic mass is 10.1. The predicted molar refractivity (Wildman–Crippen MR) is 158 cm³/mol. The van der Waals surface area contributed by atoms with Gasteiger partial charge in [0, 0.05) is 12.6 Å². The van der Waals surface area contributed by atoms with E-state index in [2.05, 4.69) is 21.6 Å². The highest BCUT2D eigenvalue weighted by atomic mass is 32.2. The van der Waals surface area contributed by atoms with E-state index in [1.807, 2.05) is 0 Å². The highest BCUT2D eigenvalue weighted by molar-refractivity contribution is 7.91. The number of amides is 1. The highest BCUT2D eigenvalue weighted by Crippen LogP contribution is 2.33. The molecular weight excluding hydrogens is 637 g/mol. The SMILES string of the molecule is C=C(COC(F)F)[C@@H]1CC(Oc2ccc(C(F)(F)F)cc2)CN1c1ccc(C(=O)N[C@@H](CO)c2ccc(S(=O)(=O)CC)cc2)cn1. The highest BCUT2D eigenvalue weighted by Gasteiger charge is 2.37. The van der Waals surface area contributed by atoms with Crippen molar-refractivity contribution >= 4 is 21.6 Å². The number of pyridine rings is 1. The first kappa shape index (κ1) is 34.8. The van der Waals surface area contributed by atoms with Crippen molar-refractivity contribution in [1.29, 1.82) is 0 Å². The topological polar surface area (TPSA) is 118 Å². The number of hydrogen-bond acceptors (Lipinski definition) is 8. The molecule has 1 amide bonds. The lowest BCUT2D eigenvalue weighted by Gasteiger charge is -2.27. The zero-order valence-electron chi connectivity index (χ0n) is 24.6. The number of aromatic nitrogens is 1. The van der Waals surface area contributed by atoms with Crippen LogP contribution in [0.3, 0.4) is 0 Å². The molecule has 0 aliphatic carbocycles. The summed E-state index contributed by atoms with van der Waals surface area (Å²) < 4.78 is 98.8. The van der Waals surface area contributed by atoms with Gasteiger partial charge in [-0.05, 0) is 59.7 Å². The molecule has 1 aliphatic rings. The van der Waals surface area contributed by atoms with E-state index in [0.717, 1.165) is 12.1 Å². The lowest BCUT2D eigenvalue weighted by molar-refractivity contribution is -0.137. The number of sulfone groups is 1. The molecular formula is C31H32F5N3O6S. The number of benzene rings is 2. The van der Waals surface area contributed by atoms with Gasteiger partial charge in [-0.25, -0.2) is 13.4 Å². The molecule has 3 aromatic rings. The largest absolute Gasteiger partial charge is 0.488 e. The average Bonchev–Trinajstić information content (AvgIpc) is 3.46. The van der Waals surface area contributed by atoms with Crippen LogP contribution in [0.25, 0.3) is 0 Å². The van der Waals surface area contributed by atoms with Crippen LogP contribution >= 0.6 is 0 Å². The zero-order valence-corrected chi connectivity index (χ0v) is 25.4. The van der Waals surface area contributed by atoms with Crippen molar-refractivity contribution in [2.45, 2.75) is 49.2 Å². The Labute approximate surface area is 262 Å². The van der Waals surface area contributed by atoms with Crippen molar-refractivity contribution < 1.29 is 49.7 Å². The summed E-state index contributed by atoms with van der Waals surface area (Å²) in [6.45, 7) is 1.63. The van der Waals surface area contributed by atoms with E-state index in [4.69, 9.17) is 4.74 Å². The molecule has 4 rings (SSSR count). The fraction of sp³-hybridized carbons (Fsp3) is 0.355. The molecule has 0 spiro atoms. The van der Waals surface area contributed by atoms with Gasteiger partial charge in [-0.1, -0.05) is 25.6 Å². The molecule has 2 N–H and O–H groups in total. The van der Waals surface area contributed by atoms with Gasteiger partial charge in [0.2, 0.25) is 0 Å². The number of carbonyl (C=O) groups is 1. The van der Waals surface area contributed by atoms with Crippen LogP contribution in [0.15, 0.2) is 83.9 Å². The fourth-order valence-electron chi connectivity index (χ4n) is 4.94. The maximum absolute atomic E-state index is 13.0. The molecule has 46 heavy (non-hydrogen) atoms. The summed E-state index contributed by atoms with van der Waals surface area (Å²) in [5.41, 5.74) is 0.0906. The van der Waals surface area contributed by atoms with E-state index in [-0.39, 0.29) is 34.9 Å². The van der Waals surface area contributed by atoms with Crippen molar-refractivity contribution in [1.82, 2.24) is 10.3 Å². The molecule has 15 heteroatoms. The Morgan fingerprint density at radius 3 is 2.33 bits per heavy atom. The maximum Gasteiger partial charge on any atom is 0.416 e. The smallest absolute Gasteiger partial charge is 0.416 e. The molecule has 2 heterocycles. The Kier molecular flexibility index (Phi) is 11.0. The Bertz CT molecular complexity index is 1600. The normalized spacial score (nSPS) is 17.6. The minimum Gasteiger partial charge on any atom is -0.488 e. The molecule has 1 saturated heterocycles. The van der Waals surface area contributed by atoms with Gasteiger partial charge in [-0.3, -0.25) is 4.79 Å². The van der Waals surface area contributed by atoms with Gasteiger partial charge in [0.25, 0.3) is 5.91 Å². The number of hydrogen-bond donors (Lipinski definition) is 2. The zero-order chi connectivity index (χ0) is 33.6. The summed E-state index contributed by atoms with van der Waals surface area (Å²) in [4.78, 5) is 19.2. The minimum absolute atomic E-state index is 0.0713. The van der Waals surface area contributed by atoms with E-state index < -0.39 is 65.5 Å². The second kappa shape index (κ2) is 14.6. The molecule has 248 valence electrons. The molecule has 1 aromatic heterocycles. The minimum atomic E-state index is -4.50. The van der Waals surface area contributed by atoms with Crippen molar-refractivity contribution in [2.24, 2.45) is 0 Å². The summed E-state index contributed by atoms with van der Waals surface area (Å²) in [5.74, 6) is -0.102. The maximum atomic E-state index is 13.0. The number of anilines is 1. The van der Waals surface area contributed by atoms with Crippen molar-refractivity contribution in [3.63, 3.8) is 0 Å². The Morgan fingerprint density at radius 2 is 1.78 bits per heavy atom. The lowest BCUT2D eigenvalue weighted by Crippen LogP contribution is -2.34. The van der Waals surface area contributed by atoms with E-state index in [1.54, 1.807) is 4.90 Å². The molecule has 0 bridgehead atoms. The number of ether oxygens (including phenoxy) is 2. The summed E-state index contributed by atoms with van der Waals surface area (Å²) in [6, 6.07) is 11.6. The third-order valence-corrected chi connectivity index (χ3v) is 9.18. The van der Waals surface area contributed by atoms with E-state index >= 15 is 0 Å². The van der Waals surface area contributed by atoms with Crippen LogP contribution in [0.5, 0.6) is 5.75 Å². The number of alkyl halides is 5. The third kappa shape index (κ3) is 8.59. The van der Waals surface area contributed by atoms with Gasteiger partial charge in [0.05, 0.1) is 53.6 Å². The van der Waals surface area contributed by atoms with Crippen LogP contribution in [0.4, 0.5) is 27.8 Å². The van der Waals surface area contributed by atoms with E-state index in [0.29, 0.717) is 17.0 Å². The van der Waals surface area contributed by atoms with Crippen LogP contribution in [0.1, 0.15) is 40.9 Å². The van der Waals surface area contributed by atoms with Gasteiger partial charge in [0.15, 0.2) is 9.84 Å². The number of rotatable bonds is 13. The summed E-state index contributed by atoms with van der Waals surface area (Å²) >= 11 is 0. The quantitative estimate of drug-likeness (QED) is 0.189. The second-order valence-corrected chi connectivity index (χ2v) is 12.8. The van der Waals surface area contributed by atoms with Gasteiger partial charge in [0.1, 0.15) is 17.7 Å². The Balaban J connectivity index is 1.47. The molecule has 3 atom stereocenters.